The van der Waals surface area contributed by atoms with Gasteiger partial charge >= 0.3 is 12.0 Å². The fourth-order valence-corrected chi connectivity index (χ4v) is 5.03. The van der Waals surface area contributed by atoms with Crippen LogP contribution in [-0.4, -0.2) is 105 Å². The van der Waals surface area contributed by atoms with Crippen LogP contribution in [0.1, 0.15) is 17.0 Å². The molecule has 0 radical (unpaired) electrons. The summed E-state index contributed by atoms with van der Waals surface area (Å²) in [5.74, 6) is -1.63. The largest absolute Gasteiger partial charge is 0.497 e. The first kappa shape index (κ1) is 34.7. The molecule has 4 N–H and O–H groups in total. The third-order valence-electron chi connectivity index (χ3n) is 7.72. The molecule has 13 nitrogen and oxygen atoms in total. The molecule has 0 aliphatic carbocycles. The molecule has 1 aliphatic rings. The lowest BCUT2D eigenvalue weighted by molar-refractivity contribution is -0.139. The highest BCUT2D eigenvalue weighted by molar-refractivity contribution is 6.00. The molecule has 4 rings (SSSR count). The van der Waals surface area contributed by atoms with Crippen LogP contribution >= 0.6 is 0 Å². The zero-order chi connectivity index (χ0) is 33.6. The van der Waals surface area contributed by atoms with Gasteiger partial charge in [0.15, 0.2) is 0 Å². The molecule has 1 aliphatic heterocycles. The Kier molecular flexibility index (Phi) is 13.0. The number of aliphatic carboxylic acids is 1. The van der Waals surface area contributed by atoms with Crippen molar-refractivity contribution in [1.29, 1.82) is 0 Å². The smallest absolute Gasteiger partial charge is 0.323 e. The monoisotopic (exact) mass is 647 g/mol. The summed E-state index contributed by atoms with van der Waals surface area (Å²) in [5, 5.41) is 18.0. The van der Waals surface area contributed by atoms with Crippen LogP contribution in [0.15, 0.2) is 72.8 Å². The standard InChI is InChI=1S/C34H41N5O8/c1-45-27-13-9-25(10-14-27)28(33(42)43)22-35-31(40)23-39(16-15-38-17-19-47-20-18-38)32(41)21-24-7-11-26(12-8-24)36-34(44)37-29-5-3-4-6-30(29)46-2/h3-14,28H,15-23H2,1-2H3,(H,35,40)(H,42,43)(H2,36,37,44). The van der Waals surface area contributed by atoms with Crippen LogP contribution in [0.2, 0.25) is 0 Å². The van der Waals surface area contributed by atoms with Gasteiger partial charge in [-0.1, -0.05) is 36.4 Å². The summed E-state index contributed by atoms with van der Waals surface area (Å²) in [6.07, 6.45) is 0.0354. The van der Waals surface area contributed by atoms with Crippen molar-refractivity contribution in [1.82, 2.24) is 15.1 Å². The van der Waals surface area contributed by atoms with E-state index < -0.39 is 23.8 Å². The summed E-state index contributed by atoms with van der Waals surface area (Å²) in [5.41, 5.74) is 2.28. The topological polar surface area (TPSA) is 159 Å². The van der Waals surface area contributed by atoms with E-state index in [1.165, 1.54) is 19.1 Å². The van der Waals surface area contributed by atoms with Crippen molar-refractivity contribution in [3.05, 3.63) is 83.9 Å². The van der Waals surface area contributed by atoms with E-state index in [-0.39, 0.29) is 25.4 Å². The lowest BCUT2D eigenvalue weighted by Crippen LogP contribution is -2.47. The number of rotatable bonds is 15. The highest BCUT2D eigenvalue weighted by Crippen LogP contribution is 2.23. The van der Waals surface area contributed by atoms with E-state index in [0.29, 0.717) is 60.3 Å². The first-order chi connectivity index (χ1) is 22.7. The van der Waals surface area contributed by atoms with Gasteiger partial charge in [0.1, 0.15) is 11.5 Å². The first-order valence-electron chi connectivity index (χ1n) is 15.3. The van der Waals surface area contributed by atoms with Crippen LogP contribution in [-0.2, 0) is 25.5 Å². The third kappa shape index (κ3) is 10.7. The molecule has 13 heteroatoms. The molecule has 1 unspecified atom stereocenters. The number of nitrogens with zero attached hydrogens (tertiary/aromatic N) is 2. The number of para-hydroxylation sites is 2. The number of carboxylic acid groups (broad SMARTS) is 1. The minimum Gasteiger partial charge on any atom is -0.497 e. The van der Waals surface area contributed by atoms with Gasteiger partial charge < -0.3 is 40.2 Å². The molecule has 0 saturated carbocycles. The maximum Gasteiger partial charge on any atom is 0.323 e. The van der Waals surface area contributed by atoms with E-state index in [9.17, 15) is 24.3 Å². The first-order valence-corrected chi connectivity index (χ1v) is 15.3. The quantitative estimate of drug-likeness (QED) is 0.195. The molecule has 0 aromatic heterocycles. The minimum absolute atomic E-state index is 0.0354. The Morgan fingerprint density at radius 2 is 1.62 bits per heavy atom. The van der Waals surface area contributed by atoms with Gasteiger partial charge in [0.05, 0.1) is 52.0 Å². The van der Waals surface area contributed by atoms with E-state index in [1.807, 2.05) is 0 Å². The van der Waals surface area contributed by atoms with E-state index in [2.05, 4.69) is 20.9 Å². The number of hydrogen-bond acceptors (Lipinski definition) is 8. The fourth-order valence-electron chi connectivity index (χ4n) is 5.03. The van der Waals surface area contributed by atoms with Gasteiger partial charge in [-0.2, -0.15) is 0 Å². The van der Waals surface area contributed by atoms with Crippen molar-refractivity contribution in [2.75, 3.05) is 77.3 Å². The number of ether oxygens (including phenoxy) is 3. The van der Waals surface area contributed by atoms with Crippen LogP contribution in [0.4, 0.5) is 16.2 Å². The number of urea groups is 1. The predicted octanol–water partition coefficient (Wildman–Crippen LogP) is 3.04. The number of anilines is 2. The van der Waals surface area contributed by atoms with Crippen molar-refractivity contribution in [3.63, 3.8) is 0 Å². The van der Waals surface area contributed by atoms with E-state index in [1.54, 1.807) is 72.8 Å². The van der Waals surface area contributed by atoms with Gasteiger partial charge in [-0.05, 0) is 47.5 Å². The second kappa shape index (κ2) is 17.5. The zero-order valence-electron chi connectivity index (χ0n) is 26.6. The molecule has 0 spiro atoms. The van der Waals surface area contributed by atoms with E-state index >= 15 is 0 Å². The summed E-state index contributed by atoms with van der Waals surface area (Å²) in [4.78, 5) is 54.7. The number of carbonyl (C=O) groups excluding carboxylic acids is 3. The molecule has 1 saturated heterocycles. The summed E-state index contributed by atoms with van der Waals surface area (Å²) in [7, 11) is 3.04. The lowest BCUT2D eigenvalue weighted by Gasteiger charge is -2.30. The van der Waals surface area contributed by atoms with Gasteiger partial charge in [0, 0.05) is 38.4 Å². The Labute approximate surface area is 273 Å². The highest BCUT2D eigenvalue weighted by Gasteiger charge is 2.23. The van der Waals surface area contributed by atoms with Crippen LogP contribution in [0.25, 0.3) is 0 Å². The fraction of sp³-hybridized carbons (Fsp3) is 0.353. The second-order valence-corrected chi connectivity index (χ2v) is 10.9. The van der Waals surface area contributed by atoms with E-state index in [0.717, 1.165) is 13.1 Å². The summed E-state index contributed by atoms with van der Waals surface area (Å²) < 4.78 is 15.8. The Morgan fingerprint density at radius 3 is 2.28 bits per heavy atom. The maximum absolute atomic E-state index is 13.5. The van der Waals surface area contributed by atoms with Crippen LogP contribution in [0, 0.1) is 0 Å². The van der Waals surface area contributed by atoms with Gasteiger partial charge in [-0.25, -0.2) is 4.79 Å². The molecule has 0 bridgehead atoms. The van der Waals surface area contributed by atoms with Crippen molar-refractivity contribution < 1.29 is 38.5 Å². The molecule has 1 atom stereocenters. The number of hydrogen-bond donors (Lipinski definition) is 4. The van der Waals surface area contributed by atoms with Crippen molar-refractivity contribution in [2.45, 2.75) is 12.3 Å². The van der Waals surface area contributed by atoms with Crippen LogP contribution < -0.4 is 25.4 Å². The molecule has 4 amide bonds. The number of morpholine rings is 1. The summed E-state index contributed by atoms with van der Waals surface area (Å²) in [6.45, 7) is 3.20. The molecule has 1 fully saturated rings. The second-order valence-electron chi connectivity index (χ2n) is 10.9. The summed E-state index contributed by atoms with van der Waals surface area (Å²) >= 11 is 0. The highest BCUT2D eigenvalue weighted by atomic mass is 16.5. The van der Waals surface area contributed by atoms with Crippen molar-refractivity contribution in [3.8, 4) is 11.5 Å². The Morgan fingerprint density at radius 1 is 0.915 bits per heavy atom. The van der Waals surface area contributed by atoms with Gasteiger partial charge in [-0.15, -0.1) is 0 Å². The number of benzene rings is 3. The summed E-state index contributed by atoms with van der Waals surface area (Å²) in [6, 6.07) is 20.1. The number of amides is 4. The Bertz CT molecular complexity index is 1490. The molecule has 3 aromatic carbocycles. The predicted molar refractivity (Wildman–Crippen MR) is 176 cm³/mol. The third-order valence-corrected chi connectivity index (χ3v) is 7.72. The van der Waals surface area contributed by atoms with Crippen LogP contribution in [0.3, 0.4) is 0 Å². The minimum atomic E-state index is -1.08. The zero-order valence-corrected chi connectivity index (χ0v) is 26.6. The number of carboxylic acids is 1. The Hall–Kier alpha value is -5.14. The number of methoxy groups -OCH3 is 2. The average Bonchev–Trinajstić information content (AvgIpc) is 3.08. The normalized spacial score (nSPS) is 13.6. The molecule has 47 heavy (non-hydrogen) atoms. The van der Waals surface area contributed by atoms with Gasteiger partial charge in [-0.3, -0.25) is 19.3 Å². The van der Waals surface area contributed by atoms with Crippen LogP contribution in [0.5, 0.6) is 11.5 Å². The number of nitrogens with one attached hydrogen (secondary N) is 3. The molecule has 1 heterocycles. The Balaban J connectivity index is 1.35. The van der Waals surface area contributed by atoms with E-state index in [4.69, 9.17) is 14.2 Å². The lowest BCUT2D eigenvalue weighted by atomic mass is 9.99. The molecule has 250 valence electrons. The SMILES string of the molecule is COc1ccc(C(CNC(=O)CN(CCN2CCOCC2)C(=O)Cc2ccc(NC(=O)Nc3ccccc3OC)cc2)C(=O)O)cc1. The van der Waals surface area contributed by atoms with Gasteiger partial charge in [0.25, 0.3) is 0 Å². The van der Waals surface area contributed by atoms with Crippen molar-refractivity contribution in [2.24, 2.45) is 0 Å². The molecule has 3 aromatic rings. The molecular weight excluding hydrogens is 606 g/mol. The van der Waals surface area contributed by atoms with Gasteiger partial charge in [0.2, 0.25) is 11.8 Å². The maximum atomic E-state index is 13.5. The van der Waals surface area contributed by atoms with Crippen molar-refractivity contribution >= 4 is 35.2 Å². The molecular formula is C34H41N5O8. The number of carbonyl (C=O) groups is 4. The average molecular weight is 648 g/mol.